The van der Waals surface area contributed by atoms with E-state index in [1.807, 2.05) is 6.07 Å². The van der Waals surface area contributed by atoms with Crippen LogP contribution in [0.4, 0.5) is 5.69 Å². The van der Waals surface area contributed by atoms with Gasteiger partial charge < -0.3 is 0 Å². The molecule has 0 saturated carbocycles. The van der Waals surface area contributed by atoms with E-state index in [0.717, 1.165) is 23.8 Å². The van der Waals surface area contributed by atoms with Crippen molar-refractivity contribution in [1.82, 2.24) is 15.6 Å². The molecular formula is C23H17N5O3. The second-order valence-electron chi connectivity index (χ2n) is 7.33. The van der Waals surface area contributed by atoms with Gasteiger partial charge in [0.15, 0.2) is 0 Å². The number of benzene rings is 3. The lowest BCUT2D eigenvalue weighted by molar-refractivity contribution is -0.384. The second kappa shape index (κ2) is 7.49. The van der Waals surface area contributed by atoms with Crippen molar-refractivity contribution in [3.8, 4) is 11.3 Å². The van der Waals surface area contributed by atoms with Crippen LogP contribution in [0.2, 0.25) is 0 Å². The molecule has 152 valence electrons. The van der Waals surface area contributed by atoms with E-state index < -0.39 is 10.8 Å². The zero-order valence-electron chi connectivity index (χ0n) is 16.3. The molecule has 3 aromatic carbocycles. The molecule has 1 amide bonds. The molecule has 0 radical (unpaired) electrons. The van der Waals surface area contributed by atoms with Crippen LogP contribution in [-0.2, 0) is 12.8 Å². The quantitative estimate of drug-likeness (QED) is 0.293. The van der Waals surface area contributed by atoms with E-state index in [9.17, 15) is 14.9 Å². The Bertz CT molecular complexity index is 1360. The Morgan fingerprint density at radius 3 is 2.74 bits per heavy atom. The van der Waals surface area contributed by atoms with Crippen molar-refractivity contribution in [2.75, 3.05) is 0 Å². The number of aromatic nitrogens is 2. The van der Waals surface area contributed by atoms with Crippen molar-refractivity contribution >= 4 is 28.6 Å². The number of nitro benzene ring substituents is 1. The number of carbonyl (C=O) groups excluding carboxylic acids is 1. The van der Waals surface area contributed by atoms with Crippen LogP contribution < -0.4 is 5.43 Å². The molecule has 0 unspecified atom stereocenters. The lowest BCUT2D eigenvalue weighted by Crippen LogP contribution is -2.18. The Morgan fingerprint density at radius 1 is 1.10 bits per heavy atom. The third kappa shape index (κ3) is 3.44. The standard InChI is InChI=1S/C23H17N5O3/c29-23(27-24-13-14-3-1-5-17(11-14)28(30)31)21-12-20(25-26-21)18-10-9-16-8-7-15-4-2-6-19(18)22(15)16/h1-6,9-13H,7-8H2,(H,25,26)(H,27,29)/b24-13-. The van der Waals surface area contributed by atoms with Crippen LogP contribution in [0.1, 0.15) is 27.2 Å². The molecule has 0 spiro atoms. The number of aromatic amines is 1. The molecule has 0 saturated heterocycles. The fourth-order valence-electron chi connectivity index (χ4n) is 3.99. The number of hydrazone groups is 1. The highest BCUT2D eigenvalue weighted by atomic mass is 16.6. The highest BCUT2D eigenvalue weighted by Crippen LogP contribution is 2.36. The van der Waals surface area contributed by atoms with E-state index in [2.05, 4.69) is 45.0 Å². The lowest BCUT2D eigenvalue weighted by Gasteiger charge is -2.06. The minimum absolute atomic E-state index is 0.0427. The molecule has 0 atom stereocenters. The van der Waals surface area contributed by atoms with Crippen LogP contribution >= 0.6 is 0 Å². The summed E-state index contributed by atoms with van der Waals surface area (Å²) in [5, 5.41) is 24.2. The van der Waals surface area contributed by atoms with Gasteiger partial charge in [0.1, 0.15) is 5.69 Å². The lowest BCUT2D eigenvalue weighted by atomic mass is 9.98. The first kappa shape index (κ1) is 18.7. The predicted octanol–water partition coefficient (Wildman–Crippen LogP) is 4.00. The van der Waals surface area contributed by atoms with Crippen molar-refractivity contribution in [2.45, 2.75) is 12.8 Å². The predicted molar refractivity (Wildman–Crippen MR) is 117 cm³/mol. The van der Waals surface area contributed by atoms with Crippen LogP contribution in [0.3, 0.4) is 0 Å². The van der Waals surface area contributed by atoms with Crippen molar-refractivity contribution < 1.29 is 9.72 Å². The summed E-state index contributed by atoms with van der Waals surface area (Å²) in [6.45, 7) is 0. The largest absolute Gasteiger partial charge is 0.289 e. The van der Waals surface area contributed by atoms with Crippen LogP contribution in [0, 0.1) is 10.1 Å². The summed E-state index contributed by atoms with van der Waals surface area (Å²) in [6.07, 6.45) is 3.45. The van der Waals surface area contributed by atoms with Crippen LogP contribution in [0.5, 0.6) is 0 Å². The Labute approximate surface area is 176 Å². The first-order valence-electron chi connectivity index (χ1n) is 9.77. The molecule has 1 aliphatic carbocycles. The number of nitrogens with zero attached hydrogens (tertiary/aromatic N) is 3. The summed E-state index contributed by atoms with van der Waals surface area (Å²) in [6, 6.07) is 18.1. The number of hydrogen-bond acceptors (Lipinski definition) is 5. The summed E-state index contributed by atoms with van der Waals surface area (Å²) < 4.78 is 0. The van der Waals surface area contributed by atoms with Gasteiger partial charge in [-0.3, -0.25) is 20.0 Å². The molecule has 1 aromatic heterocycles. The van der Waals surface area contributed by atoms with Gasteiger partial charge in [-0.2, -0.15) is 10.2 Å². The average molecular weight is 411 g/mol. The van der Waals surface area contributed by atoms with Gasteiger partial charge >= 0.3 is 0 Å². The number of nitro groups is 1. The first-order valence-corrected chi connectivity index (χ1v) is 9.77. The first-order chi connectivity index (χ1) is 15.1. The fourth-order valence-corrected chi connectivity index (χ4v) is 3.99. The van der Waals surface area contributed by atoms with Gasteiger partial charge in [0, 0.05) is 23.3 Å². The number of rotatable bonds is 5. The topological polar surface area (TPSA) is 113 Å². The molecule has 0 bridgehead atoms. The Hall–Kier alpha value is -4.33. The zero-order chi connectivity index (χ0) is 21.4. The number of H-pyrrole nitrogens is 1. The summed E-state index contributed by atoms with van der Waals surface area (Å²) in [7, 11) is 0. The van der Waals surface area contributed by atoms with Crippen molar-refractivity contribution in [1.29, 1.82) is 0 Å². The minimum atomic E-state index is -0.484. The average Bonchev–Trinajstić information content (AvgIpc) is 3.43. The third-order valence-electron chi connectivity index (χ3n) is 5.44. The Kier molecular flexibility index (Phi) is 4.51. The molecule has 2 N–H and O–H groups in total. The van der Waals surface area contributed by atoms with Crippen LogP contribution in [-0.4, -0.2) is 27.2 Å². The monoisotopic (exact) mass is 411 g/mol. The molecular weight excluding hydrogens is 394 g/mol. The Morgan fingerprint density at radius 2 is 1.90 bits per heavy atom. The number of carbonyl (C=O) groups is 1. The van der Waals surface area contributed by atoms with E-state index >= 15 is 0 Å². The zero-order valence-corrected chi connectivity index (χ0v) is 16.3. The second-order valence-corrected chi connectivity index (χ2v) is 7.33. The van der Waals surface area contributed by atoms with Crippen LogP contribution in [0.25, 0.3) is 22.0 Å². The van der Waals surface area contributed by atoms with Gasteiger partial charge in [-0.25, -0.2) is 5.43 Å². The molecule has 8 nitrogen and oxygen atoms in total. The van der Waals surface area contributed by atoms with Gasteiger partial charge in [0.05, 0.1) is 16.8 Å². The minimum Gasteiger partial charge on any atom is -0.272 e. The summed E-state index contributed by atoms with van der Waals surface area (Å²) in [5.74, 6) is -0.452. The molecule has 31 heavy (non-hydrogen) atoms. The Balaban J connectivity index is 1.36. The normalized spacial score (nSPS) is 12.5. The van der Waals surface area contributed by atoms with E-state index in [0.29, 0.717) is 11.3 Å². The fraction of sp³-hybridized carbons (Fsp3) is 0.0870. The van der Waals surface area contributed by atoms with Gasteiger partial charge in [0.2, 0.25) is 0 Å². The molecule has 8 heteroatoms. The highest BCUT2D eigenvalue weighted by Gasteiger charge is 2.18. The maximum atomic E-state index is 12.4. The van der Waals surface area contributed by atoms with Crippen molar-refractivity contribution in [2.24, 2.45) is 5.10 Å². The molecule has 0 aliphatic heterocycles. The van der Waals surface area contributed by atoms with Crippen LogP contribution in [0.15, 0.2) is 65.8 Å². The number of nitrogens with one attached hydrogen (secondary N) is 2. The summed E-state index contributed by atoms with van der Waals surface area (Å²) in [4.78, 5) is 22.8. The van der Waals surface area contributed by atoms with Gasteiger partial charge in [-0.15, -0.1) is 0 Å². The summed E-state index contributed by atoms with van der Waals surface area (Å²) in [5.41, 5.74) is 7.50. The van der Waals surface area contributed by atoms with E-state index in [-0.39, 0.29) is 11.4 Å². The molecule has 1 aliphatic rings. The summed E-state index contributed by atoms with van der Waals surface area (Å²) >= 11 is 0. The number of amides is 1. The maximum absolute atomic E-state index is 12.4. The highest BCUT2D eigenvalue weighted by molar-refractivity contribution is 6.02. The van der Waals surface area contributed by atoms with E-state index in [1.165, 1.54) is 34.9 Å². The van der Waals surface area contributed by atoms with E-state index in [4.69, 9.17) is 0 Å². The smallest absolute Gasteiger partial charge is 0.272 e. The number of aryl methyl sites for hydroxylation is 2. The molecule has 1 heterocycles. The van der Waals surface area contributed by atoms with Crippen molar-refractivity contribution in [3.05, 3.63) is 93.2 Å². The molecule has 0 fully saturated rings. The van der Waals surface area contributed by atoms with Gasteiger partial charge in [-0.1, -0.05) is 42.5 Å². The van der Waals surface area contributed by atoms with Gasteiger partial charge in [0.25, 0.3) is 11.6 Å². The SMILES string of the molecule is O=C(N/N=C\c1cccc([N+](=O)[O-])c1)c1cc(-c2ccc3c4c(cccc24)CC3)n[nH]1. The van der Waals surface area contributed by atoms with E-state index in [1.54, 1.807) is 18.2 Å². The maximum Gasteiger partial charge on any atom is 0.289 e. The third-order valence-corrected chi connectivity index (χ3v) is 5.44. The number of non-ortho nitro benzene ring substituents is 1. The number of hydrogen-bond donors (Lipinski definition) is 2. The molecule has 5 rings (SSSR count). The molecule has 4 aromatic rings. The van der Waals surface area contributed by atoms with Gasteiger partial charge in [-0.05, 0) is 40.8 Å². The van der Waals surface area contributed by atoms with Crippen molar-refractivity contribution in [3.63, 3.8) is 0 Å².